The van der Waals surface area contributed by atoms with Crippen molar-refractivity contribution < 1.29 is 14.7 Å². The fourth-order valence-corrected chi connectivity index (χ4v) is 4.60. The molecule has 1 fully saturated rings. The second kappa shape index (κ2) is 7.91. The van der Waals surface area contributed by atoms with Crippen molar-refractivity contribution in [2.24, 2.45) is 29.4 Å². The number of carboxylic acid groups (broad SMARTS) is 1. The number of hydrogen-bond donors (Lipinski definition) is 2. The molecule has 7 heteroatoms. The summed E-state index contributed by atoms with van der Waals surface area (Å²) in [5, 5.41) is 9.29. The van der Waals surface area contributed by atoms with Gasteiger partial charge in [-0.25, -0.2) is 14.2 Å². The van der Waals surface area contributed by atoms with E-state index in [-0.39, 0.29) is 36.4 Å². The molecule has 0 saturated heterocycles. The lowest BCUT2D eigenvalue weighted by atomic mass is 9.69. The molecule has 0 bridgehead atoms. The van der Waals surface area contributed by atoms with E-state index < -0.39 is 11.7 Å². The molecule has 1 aromatic heterocycles. The highest BCUT2D eigenvalue weighted by molar-refractivity contribution is 5.96. The molecule has 3 N–H and O–H groups in total. The number of nitrogens with two attached hydrogens (primary N) is 1. The molecule has 1 aromatic carbocycles. The number of fused-ring (bicyclic) bond motifs is 1. The monoisotopic (exact) mass is 387 g/mol. The molecule has 28 heavy (non-hydrogen) atoms. The molecule has 3 atom stereocenters. The van der Waals surface area contributed by atoms with Gasteiger partial charge in [0.1, 0.15) is 0 Å². The minimum Gasteiger partial charge on any atom is -0.478 e. The zero-order valence-electron chi connectivity index (χ0n) is 16.7. The normalized spacial score (nSPS) is 22.7. The third-order valence-corrected chi connectivity index (χ3v) is 6.09. The topological polar surface area (TPSA) is 107 Å². The first-order valence-electron chi connectivity index (χ1n) is 9.99. The Morgan fingerprint density at radius 3 is 2.57 bits per heavy atom. The fraction of sp³-hybridized carbons (Fsp3) is 0.571. The summed E-state index contributed by atoms with van der Waals surface area (Å²) in [6.07, 6.45) is 2.85. The standard InChI is InChI=1S/C21H29N3O4/c1-12(2)15-6-4-13(3)10-16(15)19(25)24-17-7-5-14(20(26)27)11-18(17)23(9-8-22)21(24)28/h5,7,11-13,15-16H,4,6,8-10,22H2,1-3H3,(H,26,27)/t13-,15+,16-/m1/s1. The number of rotatable bonds is 5. The van der Waals surface area contributed by atoms with E-state index in [9.17, 15) is 19.5 Å². The zero-order chi connectivity index (χ0) is 20.6. The van der Waals surface area contributed by atoms with Gasteiger partial charge in [-0.2, -0.15) is 0 Å². The van der Waals surface area contributed by atoms with Gasteiger partial charge in [-0.15, -0.1) is 0 Å². The molecule has 1 aliphatic rings. The van der Waals surface area contributed by atoms with Crippen LogP contribution in [0.15, 0.2) is 23.0 Å². The maximum atomic E-state index is 13.5. The molecular weight excluding hydrogens is 358 g/mol. The summed E-state index contributed by atoms with van der Waals surface area (Å²) in [6, 6.07) is 4.44. The van der Waals surface area contributed by atoms with Crippen LogP contribution in [0.1, 0.15) is 55.2 Å². The molecule has 0 spiro atoms. The number of carboxylic acids is 1. The number of hydrogen-bond acceptors (Lipinski definition) is 4. The van der Waals surface area contributed by atoms with Crippen LogP contribution in [-0.2, 0) is 6.54 Å². The number of nitrogens with zero attached hydrogens (tertiary/aromatic N) is 2. The highest BCUT2D eigenvalue weighted by Crippen LogP contribution is 2.39. The summed E-state index contributed by atoms with van der Waals surface area (Å²) in [7, 11) is 0. The van der Waals surface area contributed by atoms with Crippen molar-refractivity contribution in [1.29, 1.82) is 0 Å². The van der Waals surface area contributed by atoms with Gasteiger partial charge in [0, 0.05) is 19.0 Å². The van der Waals surface area contributed by atoms with Gasteiger partial charge in [-0.3, -0.25) is 9.36 Å². The van der Waals surface area contributed by atoms with E-state index in [4.69, 9.17) is 5.73 Å². The van der Waals surface area contributed by atoms with Crippen molar-refractivity contribution >= 4 is 22.9 Å². The minimum atomic E-state index is -1.08. The molecule has 0 amide bonds. The molecule has 152 valence electrons. The van der Waals surface area contributed by atoms with Gasteiger partial charge in [0.05, 0.1) is 16.6 Å². The van der Waals surface area contributed by atoms with Crippen molar-refractivity contribution in [3.8, 4) is 0 Å². The fourth-order valence-electron chi connectivity index (χ4n) is 4.60. The highest BCUT2D eigenvalue weighted by Gasteiger charge is 2.37. The van der Waals surface area contributed by atoms with Crippen LogP contribution in [0.3, 0.4) is 0 Å². The number of carbonyl (C=O) groups is 2. The summed E-state index contributed by atoms with van der Waals surface area (Å²) >= 11 is 0. The van der Waals surface area contributed by atoms with Crippen LogP contribution >= 0.6 is 0 Å². The first-order valence-corrected chi connectivity index (χ1v) is 9.99. The molecule has 0 aliphatic heterocycles. The van der Waals surface area contributed by atoms with E-state index in [1.54, 1.807) is 6.07 Å². The quantitative estimate of drug-likeness (QED) is 0.820. The molecule has 7 nitrogen and oxygen atoms in total. The molecule has 0 unspecified atom stereocenters. The maximum absolute atomic E-state index is 13.5. The lowest BCUT2D eigenvalue weighted by Crippen LogP contribution is -2.40. The molecule has 3 rings (SSSR count). The van der Waals surface area contributed by atoms with E-state index in [1.165, 1.54) is 21.3 Å². The Morgan fingerprint density at radius 1 is 1.25 bits per heavy atom. The third-order valence-electron chi connectivity index (χ3n) is 6.09. The van der Waals surface area contributed by atoms with Crippen molar-refractivity contribution in [1.82, 2.24) is 9.13 Å². The molecule has 0 radical (unpaired) electrons. The first kappa shape index (κ1) is 20.3. The molecular formula is C21H29N3O4. The van der Waals surface area contributed by atoms with Gasteiger partial charge in [-0.05, 0) is 48.8 Å². The van der Waals surface area contributed by atoms with Gasteiger partial charge in [-0.1, -0.05) is 27.2 Å². The summed E-state index contributed by atoms with van der Waals surface area (Å²) in [6.45, 7) is 6.85. The van der Waals surface area contributed by atoms with Crippen LogP contribution in [0.2, 0.25) is 0 Å². The summed E-state index contributed by atoms with van der Waals surface area (Å²) in [5.41, 5.74) is 6.19. The summed E-state index contributed by atoms with van der Waals surface area (Å²) in [4.78, 5) is 38.0. The van der Waals surface area contributed by atoms with Crippen molar-refractivity contribution in [3.05, 3.63) is 34.2 Å². The molecule has 1 heterocycles. The largest absolute Gasteiger partial charge is 0.478 e. The van der Waals surface area contributed by atoms with Crippen LogP contribution in [0.4, 0.5) is 0 Å². The lowest BCUT2D eigenvalue weighted by Gasteiger charge is -2.36. The van der Waals surface area contributed by atoms with Gasteiger partial charge >= 0.3 is 11.7 Å². The maximum Gasteiger partial charge on any atom is 0.336 e. The van der Waals surface area contributed by atoms with Crippen LogP contribution in [0, 0.1) is 23.7 Å². The lowest BCUT2D eigenvalue weighted by molar-refractivity contribution is 0.0632. The van der Waals surface area contributed by atoms with E-state index in [2.05, 4.69) is 20.8 Å². The van der Waals surface area contributed by atoms with E-state index in [0.29, 0.717) is 22.9 Å². The van der Waals surface area contributed by atoms with Crippen LogP contribution in [0.5, 0.6) is 0 Å². The first-order chi connectivity index (χ1) is 13.3. The third kappa shape index (κ3) is 3.51. The smallest absolute Gasteiger partial charge is 0.336 e. The Balaban J connectivity index is 2.16. The van der Waals surface area contributed by atoms with Crippen molar-refractivity contribution in [2.45, 2.75) is 46.6 Å². The second-order valence-electron chi connectivity index (χ2n) is 8.34. The SMILES string of the molecule is CC(C)[C@@H]1CC[C@@H](C)C[C@H]1C(=O)n1c(=O)n(CCN)c2cc(C(=O)O)ccc21. The van der Waals surface area contributed by atoms with Gasteiger partial charge in [0.25, 0.3) is 0 Å². The predicted molar refractivity (Wildman–Crippen MR) is 108 cm³/mol. The Bertz CT molecular complexity index is 956. The molecule has 1 saturated carbocycles. The average Bonchev–Trinajstić information content (AvgIpc) is 2.92. The van der Waals surface area contributed by atoms with Crippen LogP contribution in [0.25, 0.3) is 11.0 Å². The minimum absolute atomic E-state index is 0.0780. The molecule has 1 aliphatic carbocycles. The van der Waals surface area contributed by atoms with Crippen LogP contribution < -0.4 is 11.4 Å². The number of benzene rings is 1. The number of carbonyl (C=O) groups excluding carboxylic acids is 1. The van der Waals surface area contributed by atoms with E-state index in [1.807, 2.05) is 0 Å². The van der Waals surface area contributed by atoms with Crippen molar-refractivity contribution in [2.75, 3.05) is 6.54 Å². The van der Waals surface area contributed by atoms with E-state index in [0.717, 1.165) is 19.3 Å². The van der Waals surface area contributed by atoms with Gasteiger partial charge in [0.2, 0.25) is 5.91 Å². The van der Waals surface area contributed by atoms with E-state index >= 15 is 0 Å². The predicted octanol–water partition coefficient (Wildman–Crippen LogP) is 2.81. The number of imidazole rings is 1. The number of aromatic carboxylic acids is 1. The van der Waals surface area contributed by atoms with Crippen LogP contribution in [-0.4, -0.2) is 32.7 Å². The van der Waals surface area contributed by atoms with Gasteiger partial charge < -0.3 is 10.8 Å². The highest BCUT2D eigenvalue weighted by atomic mass is 16.4. The molecule has 2 aromatic rings. The summed E-state index contributed by atoms with van der Waals surface area (Å²) in [5.74, 6) is -0.434. The average molecular weight is 387 g/mol. The Kier molecular flexibility index (Phi) is 5.74. The zero-order valence-corrected chi connectivity index (χ0v) is 16.7. The van der Waals surface area contributed by atoms with Crippen molar-refractivity contribution in [3.63, 3.8) is 0 Å². The Morgan fingerprint density at radius 2 is 1.96 bits per heavy atom. The number of aromatic nitrogens is 2. The Hall–Kier alpha value is -2.41. The van der Waals surface area contributed by atoms with Gasteiger partial charge in [0.15, 0.2) is 0 Å². The summed E-state index contributed by atoms with van der Waals surface area (Å²) < 4.78 is 2.66. The Labute approximate surface area is 164 Å². The second-order valence-corrected chi connectivity index (χ2v) is 8.34.